The Morgan fingerprint density at radius 1 is 1.25 bits per heavy atom. The van der Waals surface area contributed by atoms with Gasteiger partial charge in [-0.15, -0.1) is 11.3 Å². The van der Waals surface area contributed by atoms with Crippen LogP contribution in [0.15, 0.2) is 47.8 Å². The lowest BCUT2D eigenvalue weighted by atomic mass is 10.1. The standard InChI is InChI=1S/C15H14N2O3S.C8H8N2S/c1-2-20-15(19)12-8-21-14(16-12)11-4-3-10-5-6-17(9-18)13(10)7-11;1-9-8-10-6-4-2-3-5-7(6)11-8/h3-4,7-9H,2,5-6H2,1H3;2-5H,1H3,(H,9,10). The Labute approximate surface area is 193 Å². The number of nitrogens with one attached hydrogen (secondary N) is 1. The van der Waals surface area contributed by atoms with Crippen LogP contribution < -0.4 is 10.2 Å². The Balaban J connectivity index is 0.000000186. The van der Waals surface area contributed by atoms with Crippen LogP contribution in [0.4, 0.5) is 10.8 Å². The number of aromatic nitrogens is 2. The molecule has 2 aromatic carbocycles. The number of ether oxygens (including phenoxy) is 1. The van der Waals surface area contributed by atoms with Crippen molar-refractivity contribution in [3.05, 3.63) is 59.1 Å². The van der Waals surface area contributed by atoms with E-state index in [1.165, 1.54) is 16.0 Å². The highest BCUT2D eigenvalue weighted by Crippen LogP contribution is 2.33. The summed E-state index contributed by atoms with van der Waals surface area (Å²) >= 11 is 3.07. The van der Waals surface area contributed by atoms with Gasteiger partial charge in [0.2, 0.25) is 6.41 Å². The number of rotatable bonds is 5. The minimum atomic E-state index is -0.407. The summed E-state index contributed by atoms with van der Waals surface area (Å²) in [6.07, 6.45) is 1.72. The molecule has 0 radical (unpaired) electrons. The monoisotopic (exact) mass is 466 g/mol. The van der Waals surface area contributed by atoms with Gasteiger partial charge in [0.25, 0.3) is 0 Å². The predicted octanol–water partition coefficient (Wildman–Crippen LogP) is 4.84. The van der Waals surface area contributed by atoms with Crippen molar-refractivity contribution < 1.29 is 14.3 Å². The quantitative estimate of drug-likeness (QED) is 0.335. The zero-order valence-electron chi connectivity index (χ0n) is 17.7. The van der Waals surface area contributed by atoms with Gasteiger partial charge in [-0.3, -0.25) is 4.79 Å². The Morgan fingerprint density at radius 2 is 2.09 bits per heavy atom. The molecule has 0 atom stereocenters. The first-order valence-corrected chi connectivity index (χ1v) is 11.8. The molecule has 164 valence electrons. The van der Waals surface area contributed by atoms with E-state index in [0.717, 1.165) is 45.3 Å². The normalized spacial score (nSPS) is 12.1. The van der Waals surface area contributed by atoms with Crippen molar-refractivity contribution in [1.82, 2.24) is 9.97 Å². The second kappa shape index (κ2) is 9.88. The van der Waals surface area contributed by atoms with Gasteiger partial charge in [-0.25, -0.2) is 14.8 Å². The average molecular weight is 467 g/mol. The Bertz CT molecular complexity index is 1220. The summed E-state index contributed by atoms with van der Waals surface area (Å²) in [6.45, 7) is 2.81. The van der Waals surface area contributed by atoms with Crippen molar-refractivity contribution in [3.63, 3.8) is 0 Å². The summed E-state index contributed by atoms with van der Waals surface area (Å²) in [6, 6.07) is 14.1. The summed E-state index contributed by atoms with van der Waals surface area (Å²) in [4.78, 5) is 33.0. The van der Waals surface area contributed by atoms with Gasteiger partial charge in [-0.1, -0.05) is 35.6 Å². The third-order valence-electron chi connectivity index (χ3n) is 4.89. The van der Waals surface area contributed by atoms with E-state index in [-0.39, 0.29) is 0 Å². The van der Waals surface area contributed by atoms with Gasteiger partial charge < -0.3 is 15.0 Å². The SMILES string of the molecule is CCOC(=O)c1csc(-c2ccc3c(c2)N(C=O)CC3)n1.CNc1nc2ccccc2s1. The molecule has 1 aliphatic rings. The van der Waals surface area contributed by atoms with Crippen LogP contribution in [0.5, 0.6) is 0 Å². The maximum atomic E-state index is 11.6. The fraction of sp³-hybridized carbons (Fsp3) is 0.217. The number of anilines is 2. The Kier molecular flexibility index (Phi) is 6.77. The summed E-state index contributed by atoms with van der Waals surface area (Å²) in [5.74, 6) is -0.407. The lowest BCUT2D eigenvalue weighted by Crippen LogP contribution is -2.17. The molecule has 5 rings (SSSR count). The minimum absolute atomic E-state index is 0.324. The number of hydrogen-bond donors (Lipinski definition) is 1. The minimum Gasteiger partial charge on any atom is -0.461 e. The van der Waals surface area contributed by atoms with Crippen LogP contribution >= 0.6 is 22.7 Å². The Hall–Kier alpha value is -3.30. The van der Waals surface area contributed by atoms with Crippen LogP contribution in [0.2, 0.25) is 0 Å². The van der Waals surface area contributed by atoms with Crippen LogP contribution in [0.1, 0.15) is 23.0 Å². The highest BCUT2D eigenvalue weighted by atomic mass is 32.1. The number of benzene rings is 2. The predicted molar refractivity (Wildman–Crippen MR) is 130 cm³/mol. The van der Waals surface area contributed by atoms with Gasteiger partial charge in [-0.05, 0) is 37.1 Å². The molecule has 4 aromatic rings. The summed E-state index contributed by atoms with van der Waals surface area (Å²) in [7, 11) is 1.89. The number of hydrogen-bond acceptors (Lipinski definition) is 8. The number of carbonyl (C=O) groups excluding carboxylic acids is 2. The van der Waals surface area contributed by atoms with Crippen LogP contribution in [0.25, 0.3) is 20.8 Å². The van der Waals surface area contributed by atoms with Crippen molar-refractivity contribution in [2.75, 3.05) is 30.4 Å². The number of esters is 1. The van der Waals surface area contributed by atoms with E-state index in [9.17, 15) is 9.59 Å². The van der Waals surface area contributed by atoms with Gasteiger partial charge in [-0.2, -0.15) is 0 Å². The molecule has 0 aliphatic carbocycles. The topological polar surface area (TPSA) is 84.4 Å². The van der Waals surface area contributed by atoms with E-state index in [2.05, 4.69) is 21.4 Å². The van der Waals surface area contributed by atoms with E-state index in [4.69, 9.17) is 4.74 Å². The molecule has 0 spiro atoms. The molecule has 7 nitrogen and oxygen atoms in total. The first kappa shape index (κ1) is 21.9. The largest absolute Gasteiger partial charge is 0.461 e. The number of fused-ring (bicyclic) bond motifs is 2. The summed E-state index contributed by atoms with van der Waals surface area (Å²) in [5.41, 5.74) is 4.39. The molecule has 0 saturated heterocycles. The van der Waals surface area contributed by atoms with Gasteiger partial charge in [0.15, 0.2) is 10.8 Å². The third kappa shape index (κ3) is 4.63. The summed E-state index contributed by atoms with van der Waals surface area (Å²) in [5, 5.41) is 6.44. The molecule has 1 amide bonds. The number of thiazole rings is 2. The fourth-order valence-electron chi connectivity index (χ4n) is 3.33. The van der Waals surface area contributed by atoms with Crippen LogP contribution in [-0.2, 0) is 16.0 Å². The zero-order chi connectivity index (χ0) is 22.5. The van der Waals surface area contributed by atoms with E-state index in [0.29, 0.717) is 18.8 Å². The van der Waals surface area contributed by atoms with Crippen molar-refractivity contribution >= 4 is 56.1 Å². The molecular formula is C23H22N4O3S2. The lowest BCUT2D eigenvalue weighted by Gasteiger charge is -2.10. The average Bonchev–Trinajstić information content (AvgIpc) is 3.56. The highest BCUT2D eigenvalue weighted by Gasteiger charge is 2.20. The van der Waals surface area contributed by atoms with Gasteiger partial charge in [0.1, 0.15) is 5.01 Å². The third-order valence-corrected chi connectivity index (χ3v) is 6.83. The van der Waals surface area contributed by atoms with Crippen LogP contribution in [-0.4, -0.2) is 42.5 Å². The number of nitrogens with zero attached hydrogens (tertiary/aromatic N) is 3. The molecule has 0 saturated carbocycles. The maximum Gasteiger partial charge on any atom is 0.357 e. The number of carbonyl (C=O) groups is 2. The first-order chi connectivity index (χ1) is 15.6. The van der Waals surface area contributed by atoms with Gasteiger partial charge in [0, 0.05) is 30.2 Å². The number of amides is 1. The first-order valence-electron chi connectivity index (χ1n) is 10.1. The molecule has 3 heterocycles. The van der Waals surface area contributed by atoms with Crippen LogP contribution in [0, 0.1) is 0 Å². The van der Waals surface area contributed by atoms with E-state index in [1.807, 2.05) is 43.4 Å². The smallest absolute Gasteiger partial charge is 0.357 e. The lowest BCUT2D eigenvalue weighted by molar-refractivity contribution is -0.107. The summed E-state index contributed by atoms with van der Waals surface area (Å²) < 4.78 is 6.17. The fourth-order valence-corrected chi connectivity index (χ4v) is 4.94. The molecule has 0 fully saturated rings. The molecule has 1 aliphatic heterocycles. The van der Waals surface area contributed by atoms with Crippen molar-refractivity contribution in [2.45, 2.75) is 13.3 Å². The van der Waals surface area contributed by atoms with Gasteiger partial charge >= 0.3 is 5.97 Å². The molecule has 2 aromatic heterocycles. The zero-order valence-corrected chi connectivity index (χ0v) is 19.3. The Morgan fingerprint density at radius 3 is 2.84 bits per heavy atom. The number of para-hydroxylation sites is 1. The molecule has 32 heavy (non-hydrogen) atoms. The molecule has 0 bridgehead atoms. The second-order valence-electron chi connectivity index (χ2n) is 6.89. The van der Waals surface area contributed by atoms with Crippen molar-refractivity contribution in [1.29, 1.82) is 0 Å². The molecule has 9 heteroatoms. The van der Waals surface area contributed by atoms with Crippen LogP contribution in [0.3, 0.4) is 0 Å². The molecule has 0 unspecified atom stereocenters. The van der Waals surface area contributed by atoms with E-state index < -0.39 is 5.97 Å². The van der Waals surface area contributed by atoms with Gasteiger partial charge in [0.05, 0.1) is 16.8 Å². The maximum absolute atomic E-state index is 11.6. The van der Waals surface area contributed by atoms with Crippen molar-refractivity contribution in [3.8, 4) is 10.6 Å². The van der Waals surface area contributed by atoms with E-state index in [1.54, 1.807) is 28.5 Å². The van der Waals surface area contributed by atoms with Crippen molar-refractivity contribution in [2.24, 2.45) is 0 Å². The van der Waals surface area contributed by atoms with E-state index >= 15 is 0 Å². The highest BCUT2D eigenvalue weighted by molar-refractivity contribution is 7.22. The molecule has 1 N–H and O–H groups in total. The second-order valence-corrected chi connectivity index (χ2v) is 8.78. The molecular weight excluding hydrogens is 444 g/mol.